The summed E-state index contributed by atoms with van der Waals surface area (Å²) in [4.78, 5) is 16.6. The zero-order valence-corrected chi connectivity index (χ0v) is 12.4. The van der Waals surface area contributed by atoms with Crippen molar-refractivity contribution >= 4 is 11.6 Å². The van der Waals surface area contributed by atoms with Crippen LogP contribution in [-0.4, -0.2) is 65.5 Å². The summed E-state index contributed by atoms with van der Waals surface area (Å²) in [5.41, 5.74) is 6.71. The molecule has 0 aliphatic carbocycles. The first kappa shape index (κ1) is 14.3. The Bertz CT molecular complexity index is 495. The Morgan fingerprint density at radius 2 is 2.14 bits per heavy atom. The van der Waals surface area contributed by atoms with E-state index in [0.717, 1.165) is 44.7 Å². The van der Waals surface area contributed by atoms with E-state index < -0.39 is 0 Å². The Kier molecular flexibility index (Phi) is 4.12. The summed E-state index contributed by atoms with van der Waals surface area (Å²) in [6.45, 7) is 3.65. The van der Waals surface area contributed by atoms with Crippen molar-refractivity contribution < 1.29 is 9.53 Å². The topological polar surface area (TPSA) is 76.6 Å². The van der Waals surface area contributed by atoms with Crippen molar-refractivity contribution in [1.29, 1.82) is 0 Å². The van der Waals surface area contributed by atoms with Crippen molar-refractivity contribution in [2.45, 2.75) is 25.0 Å². The second-order valence-corrected chi connectivity index (χ2v) is 5.74. The third-order valence-corrected chi connectivity index (χ3v) is 4.29. The number of carbonyl (C=O) groups is 1. The van der Waals surface area contributed by atoms with Gasteiger partial charge in [-0.3, -0.25) is 9.48 Å². The number of rotatable bonds is 3. The molecule has 21 heavy (non-hydrogen) atoms. The van der Waals surface area contributed by atoms with E-state index in [1.54, 1.807) is 4.68 Å². The van der Waals surface area contributed by atoms with Crippen LogP contribution in [0.15, 0.2) is 12.4 Å². The fraction of sp³-hybridized carbons (Fsp3) is 0.714. The number of nitrogens with two attached hydrogens (primary N) is 1. The highest BCUT2D eigenvalue weighted by Gasteiger charge is 2.34. The smallest absolute Gasteiger partial charge is 0.251 e. The van der Waals surface area contributed by atoms with E-state index in [4.69, 9.17) is 10.5 Å². The summed E-state index contributed by atoms with van der Waals surface area (Å²) in [6.07, 6.45) is 5.32. The second kappa shape index (κ2) is 6.03. The summed E-state index contributed by atoms with van der Waals surface area (Å²) in [5, 5.41) is 4.19. The SMILES string of the molecule is Cn1cc(N2CCN(C(=O)[C@@H]3CC[C@H](CN)O3)CC2)cn1. The number of ether oxygens (including phenoxy) is 1. The summed E-state index contributed by atoms with van der Waals surface area (Å²) in [7, 11) is 1.91. The lowest BCUT2D eigenvalue weighted by molar-refractivity contribution is -0.143. The molecule has 0 unspecified atom stereocenters. The third-order valence-electron chi connectivity index (χ3n) is 4.29. The van der Waals surface area contributed by atoms with Crippen molar-refractivity contribution in [2.75, 3.05) is 37.6 Å². The Hall–Kier alpha value is -1.60. The van der Waals surface area contributed by atoms with Crippen LogP contribution in [0, 0.1) is 0 Å². The molecular weight excluding hydrogens is 270 g/mol. The number of anilines is 1. The van der Waals surface area contributed by atoms with E-state index in [1.165, 1.54) is 0 Å². The van der Waals surface area contributed by atoms with E-state index in [9.17, 15) is 4.79 Å². The molecule has 116 valence electrons. The molecule has 2 N–H and O–H groups in total. The average Bonchev–Trinajstić information content (AvgIpc) is 3.15. The van der Waals surface area contributed by atoms with Crippen LogP contribution in [0.5, 0.6) is 0 Å². The Morgan fingerprint density at radius 3 is 2.71 bits per heavy atom. The van der Waals surface area contributed by atoms with Crippen LogP contribution in [0.25, 0.3) is 0 Å². The number of piperazine rings is 1. The molecule has 3 rings (SSSR count). The van der Waals surface area contributed by atoms with Gasteiger partial charge in [0.05, 0.1) is 18.0 Å². The van der Waals surface area contributed by atoms with Crippen LogP contribution in [0.3, 0.4) is 0 Å². The second-order valence-electron chi connectivity index (χ2n) is 5.74. The molecule has 2 atom stereocenters. The number of hydrogen-bond acceptors (Lipinski definition) is 5. The fourth-order valence-electron chi connectivity index (χ4n) is 3.02. The van der Waals surface area contributed by atoms with Gasteiger partial charge >= 0.3 is 0 Å². The van der Waals surface area contributed by atoms with Crippen LogP contribution in [0.1, 0.15) is 12.8 Å². The lowest BCUT2D eigenvalue weighted by Gasteiger charge is -2.36. The minimum Gasteiger partial charge on any atom is -0.365 e. The van der Waals surface area contributed by atoms with Crippen molar-refractivity contribution in [2.24, 2.45) is 12.8 Å². The molecule has 2 saturated heterocycles. The van der Waals surface area contributed by atoms with Crippen LogP contribution in [0.4, 0.5) is 5.69 Å². The van der Waals surface area contributed by atoms with Gasteiger partial charge < -0.3 is 20.3 Å². The summed E-state index contributed by atoms with van der Waals surface area (Å²) in [5.74, 6) is 0.122. The largest absolute Gasteiger partial charge is 0.365 e. The molecule has 0 radical (unpaired) electrons. The van der Waals surface area contributed by atoms with E-state index >= 15 is 0 Å². The van der Waals surface area contributed by atoms with Gasteiger partial charge in [0.2, 0.25) is 0 Å². The maximum atomic E-state index is 12.4. The molecule has 1 aromatic heterocycles. The summed E-state index contributed by atoms with van der Waals surface area (Å²) in [6, 6.07) is 0. The number of nitrogens with zero attached hydrogens (tertiary/aromatic N) is 4. The van der Waals surface area contributed by atoms with E-state index in [0.29, 0.717) is 6.54 Å². The standard InChI is InChI=1S/C14H23N5O2/c1-17-10-11(9-16-17)18-4-6-19(7-5-18)14(20)13-3-2-12(8-15)21-13/h9-10,12-13H,2-8,15H2,1H3/t12-,13+/m1/s1. The summed E-state index contributed by atoms with van der Waals surface area (Å²) < 4.78 is 7.50. The summed E-state index contributed by atoms with van der Waals surface area (Å²) >= 11 is 0. The first-order valence-electron chi connectivity index (χ1n) is 7.55. The molecule has 0 bridgehead atoms. The van der Waals surface area contributed by atoms with Gasteiger partial charge in [-0.2, -0.15) is 5.10 Å². The van der Waals surface area contributed by atoms with Gasteiger partial charge in [0.1, 0.15) is 6.10 Å². The fourth-order valence-corrected chi connectivity index (χ4v) is 3.02. The highest BCUT2D eigenvalue weighted by Crippen LogP contribution is 2.22. The minimum absolute atomic E-state index is 0.0515. The highest BCUT2D eigenvalue weighted by molar-refractivity contribution is 5.81. The normalized spacial score (nSPS) is 26.4. The predicted octanol–water partition coefficient (Wildman–Crippen LogP) is -0.425. The maximum absolute atomic E-state index is 12.4. The van der Waals surface area contributed by atoms with Crippen LogP contribution in [0.2, 0.25) is 0 Å². The number of aromatic nitrogens is 2. The molecule has 0 aromatic carbocycles. The molecule has 2 aliphatic rings. The highest BCUT2D eigenvalue weighted by atomic mass is 16.5. The Labute approximate surface area is 124 Å². The van der Waals surface area contributed by atoms with Crippen molar-refractivity contribution in [3.63, 3.8) is 0 Å². The number of aryl methyl sites for hydroxylation is 1. The van der Waals surface area contributed by atoms with Gasteiger partial charge in [-0.1, -0.05) is 0 Å². The van der Waals surface area contributed by atoms with Crippen molar-refractivity contribution in [3.05, 3.63) is 12.4 Å². The first-order valence-corrected chi connectivity index (χ1v) is 7.55. The predicted molar refractivity (Wildman–Crippen MR) is 79.0 cm³/mol. The van der Waals surface area contributed by atoms with E-state index in [1.807, 2.05) is 24.3 Å². The average molecular weight is 293 g/mol. The van der Waals surface area contributed by atoms with Gasteiger partial charge in [0.15, 0.2) is 0 Å². The van der Waals surface area contributed by atoms with Gasteiger partial charge in [0, 0.05) is 46.0 Å². The van der Waals surface area contributed by atoms with Crippen LogP contribution >= 0.6 is 0 Å². The van der Waals surface area contributed by atoms with E-state index in [-0.39, 0.29) is 18.1 Å². The number of carbonyl (C=O) groups excluding carboxylic acids is 1. The monoisotopic (exact) mass is 293 g/mol. The van der Waals surface area contributed by atoms with Crippen molar-refractivity contribution in [3.8, 4) is 0 Å². The molecule has 2 fully saturated rings. The molecule has 0 saturated carbocycles. The van der Waals surface area contributed by atoms with Crippen molar-refractivity contribution in [1.82, 2.24) is 14.7 Å². The number of amides is 1. The van der Waals surface area contributed by atoms with Gasteiger partial charge in [-0.25, -0.2) is 0 Å². The lowest BCUT2D eigenvalue weighted by Crippen LogP contribution is -2.51. The Morgan fingerprint density at radius 1 is 1.38 bits per heavy atom. The first-order chi connectivity index (χ1) is 10.2. The maximum Gasteiger partial charge on any atom is 0.251 e. The van der Waals surface area contributed by atoms with Gasteiger partial charge in [-0.05, 0) is 12.8 Å². The zero-order chi connectivity index (χ0) is 14.8. The molecule has 1 amide bonds. The van der Waals surface area contributed by atoms with Crippen LogP contribution < -0.4 is 10.6 Å². The quantitative estimate of drug-likeness (QED) is 0.819. The Balaban J connectivity index is 1.52. The molecule has 0 spiro atoms. The van der Waals surface area contributed by atoms with E-state index in [2.05, 4.69) is 10.00 Å². The van der Waals surface area contributed by atoms with Gasteiger partial charge in [0.25, 0.3) is 5.91 Å². The minimum atomic E-state index is -0.288. The molecule has 7 nitrogen and oxygen atoms in total. The molecule has 3 heterocycles. The van der Waals surface area contributed by atoms with Gasteiger partial charge in [-0.15, -0.1) is 0 Å². The lowest BCUT2D eigenvalue weighted by atomic mass is 10.1. The van der Waals surface area contributed by atoms with Crippen LogP contribution in [-0.2, 0) is 16.6 Å². The number of hydrogen-bond donors (Lipinski definition) is 1. The zero-order valence-electron chi connectivity index (χ0n) is 12.4. The molecule has 7 heteroatoms. The molecule has 2 aliphatic heterocycles. The molecular formula is C14H23N5O2. The third kappa shape index (κ3) is 3.03. The molecule has 1 aromatic rings.